The predicted octanol–water partition coefficient (Wildman–Crippen LogP) is 3.19. The zero-order valence-corrected chi connectivity index (χ0v) is 18.2. The Hall–Kier alpha value is -2.95. The van der Waals surface area contributed by atoms with E-state index in [9.17, 15) is 26.4 Å². The Labute approximate surface area is 178 Å². The standard InChI is InChI=1S/C20H23F3N2O5S/c1-13(19(26)24-12-14-6-5-7-15(10-14)20(21,22)23)25(31(4,27)28)17-11-16(29-2)8-9-18(17)30-3/h5-11,13H,12H2,1-4H3,(H,24,26). The van der Waals surface area contributed by atoms with E-state index in [1.54, 1.807) is 6.07 Å². The van der Waals surface area contributed by atoms with Crippen LogP contribution in [-0.4, -0.2) is 40.8 Å². The first-order valence-corrected chi connectivity index (χ1v) is 10.9. The van der Waals surface area contributed by atoms with Crippen LogP contribution >= 0.6 is 0 Å². The van der Waals surface area contributed by atoms with Gasteiger partial charge in [-0.3, -0.25) is 9.10 Å². The van der Waals surface area contributed by atoms with Crippen molar-refractivity contribution in [2.75, 3.05) is 24.8 Å². The minimum absolute atomic E-state index is 0.0890. The number of benzene rings is 2. The highest BCUT2D eigenvalue weighted by atomic mass is 32.2. The molecule has 170 valence electrons. The van der Waals surface area contributed by atoms with Crippen LogP contribution in [0.15, 0.2) is 42.5 Å². The van der Waals surface area contributed by atoms with Crippen molar-refractivity contribution in [3.05, 3.63) is 53.6 Å². The summed E-state index contributed by atoms with van der Waals surface area (Å²) in [6.07, 6.45) is -3.58. The number of sulfonamides is 1. The number of ether oxygens (including phenoxy) is 2. The highest BCUT2D eigenvalue weighted by Gasteiger charge is 2.32. The summed E-state index contributed by atoms with van der Waals surface area (Å²) >= 11 is 0. The summed E-state index contributed by atoms with van der Waals surface area (Å²) in [6, 6.07) is 7.77. The molecule has 2 aromatic carbocycles. The largest absolute Gasteiger partial charge is 0.497 e. The molecule has 0 bridgehead atoms. The van der Waals surface area contributed by atoms with Crippen LogP contribution in [0.4, 0.5) is 18.9 Å². The molecule has 2 rings (SSSR count). The fourth-order valence-corrected chi connectivity index (χ4v) is 4.11. The van der Waals surface area contributed by atoms with Gasteiger partial charge in [-0.15, -0.1) is 0 Å². The summed E-state index contributed by atoms with van der Waals surface area (Å²) < 4.78 is 74.8. The van der Waals surface area contributed by atoms with Gasteiger partial charge in [0, 0.05) is 12.6 Å². The molecule has 0 aliphatic heterocycles. The smallest absolute Gasteiger partial charge is 0.416 e. The molecule has 0 radical (unpaired) electrons. The molecule has 2 aromatic rings. The summed E-state index contributed by atoms with van der Waals surface area (Å²) in [4.78, 5) is 12.7. The average Bonchev–Trinajstić information content (AvgIpc) is 2.70. The Kier molecular flexibility index (Phi) is 7.42. The number of halogens is 3. The molecule has 1 unspecified atom stereocenters. The molecule has 11 heteroatoms. The number of carbonyl (C=O) groups is 1. The van der Waals surface area contributed by atoms with Crippen molar-refractivity contribution in [1.29, 1.82) is 0 Å². The van der Waals surface area contributed by atoms with Crippen LogP contribution in [0, 0.1) is 0 Å². The summed E-state index contributed by atoms with van der Waals surface area (Å²) in [5.74, 6) is -0.155. The van der Waals surface area contributed by atoms with Crippen molar-refractivity contribution in [2.24, 2.45) is 0 Å². The Bertz CT molecular complexity index is 1040. The normalized spacial score (nSPS) is 12.7. The molecule has 31 heavy (non-hydrogen) atoms. The molecular formula is C20H23F3N2O5S. The Morgan fingerprint density at radius 1 is 1.13 bits per heavy atom. The summed E-state index contributed by atoms with van der Waals surface area (Å²) in [7, 11) is -1.18. The lowest BCUT2D eigenvalue weighted by atomic mass is 10.1. The van der Waals surface area contributed by atoms with E-state index in [-0.39, 0.29) is 23.5 Å². The van der Waals surface area contributed by atoms with Gasteiger partial charge in [-0.2, -0.15) is 13.2 Å². The molecule has 1 N–H and O–H groups in total. The van der Waals surface area contributed by atoms with Gasteiger partial charge in [-0.1, -0.05) is 12.1 Å². The van der Waals surface area contributed by atoms with Crippen molar-refractivity contribution in [1.82, 2.24) is 5.32 Å². The average molecular weight is 460 g/mol. The summed E-state index contributed by atoms with van der Waals surface area (Å²) in [5.41, 5.74) is -0.530. The molecule has 1 amide bonds. The van der Waals surface area contributed by atoms with Crippen molar-refractivity contribution in [3.63, 3.8) is 0 Å². The first kappa shape index (κ1) is 24.3. The maximum absolute atomic E-state index is 12.9. The number of alkyl halides is 3. The molecule has 7 nitrogen and oxygen atoms in total. The minimum atomic E-state index is -4.51. The van der Waals surface area contributed by atoms with Crippen LogP contribution in [0.1, 0.15) is 18.1 Å². The van der Waals surface area contributed by atoms with Gasteiger partial charge in [0.1, 0.15) is 17.5 Å². The topological polar surface area (TPSA) is 84.9 Å². The van der Waals surface area contributed by atoms with Crippen LogP contribution < -0.4 is 19.1 Å². The second-order valence-electron chi connectivity index (χ2n) is 6.69. The third-order valence-corrected chi connectivity index (χ3v) is 5.66. The fraction of sp³-hybridized carbons (Fsp3) is 0.350. The molecule has 0 aromatic heterocycles. The second kappa shape index (κ2) is 9.46. The number of amides is 1. The molecule has 0 aliphatic carbocycles. The van der Waals surface area contributed by atoms with E-state index < -0.39 is 33.7 Å². The van der Waals surface area contributed by atoms with Gasteiger partial charge in [0.15, 0.2) is 0 Å². The predicted molar refractivity (Wildman–Crippen MR) is 110 cm³/mol. The van der Waals surface area contributed by atoms with E-state index in [1.165, 1.54) is 45.4 Å². The zero-order chi connectivity index (χ0) is 23.4. The number of anilines is 1. The van der Waals surface area contributed by atoms with Gasteiger partial charge < -0.3 is 14.8 Å². The lowest BCUT2D eigenvalue weighted by Crippen LogP contribution is -2.47. The monoisotopic (exact) mass is 460 g/mol. The van der Waals surface area contributed by atoms with Gasteiger partial charge in [-0.05, 0) is 36.8 Å². The number of methoxy groups -OCH3 is 2. The fourth-order valence-electron chi connectivity index (χ4n) is 2.94. The third kappa shape index (κ3) is 6.03. The SMILES string of the molecule is COc1ccc(OC)c(N(C(C)C(=O)NCc2cccc(C(F)(F)F)c2)S(C)(=O)=O)c1. The number of hydrogen-bond donors (Lipinski definition) is 1. The summed E-state index contributed by atoms with van der Waals surface area (Å²) in [5, 5.41) is 2.48. The quantitative estimate of drug-likeness (QED) is 0.654. The van der Waals surface area contributed by atoms with Gasteiger partial charge >= 0.3 is 6.18 Å². The maximum Gasteiger partial charge on any atom is 0.416 e. The number of hydrogen-bond acceptors (Lipinski definition) is 5. The first-order chi connectivity index (χ1) is 14.4. The number of nitrogens with one attached hydrogen (secondary N) is 1. The zero-order valence-electron chi connectivity index (χ0n) is 17.4. The Balaban J connectivity index is 2.29. The van der Waals surface area contributed by atoms with E-state index in [0.717, 1.165) is 22.7 Å². The van der Waals surface area contributed by atoms with Crippen LogP contribution in [0.5, 0.6) is 11.5 Å². The molecule has 1 atom stereocenters. The molecule has 0 aliphatic rings. The van der Waals surface area contributed by atoms with Crippen LogP contribution in [0.3, 0.4) is 0 Å². The number of carbonyl (C=O) groups excluding carboxylic acids is 1. The molecule has 0 fully saturated rings. The van der Waals surface area contributed by atoms with Crippen LogP contribution in [0.2, 0.25) is 0 Å². The van der Waals surface area contributed by atoms with Gasteiger partial charge in [-0.25, -0.2) is 8.42 Å². The van der Waals surface area contributed by atoms with E-state index in [0.29, 0.717) is 5.75 Å². The Morgan fingerprint density at radius 3 is 2.35 bits per heavy atom. The van der Waals surface area contributed by atoms with Crippen molar-refractivity contribution < 1.29 is 35.9 Å². The molecule has 0 spiro atoms. The van der Waals surface area contributed by atoms with Gasteiger partial charge in [0.2, 0.25) is 15.9 Å². The van der Waals surface area contributed by atoms with Crippen molar-refractivity contribution in [3.8, 4) is 11.5 Å². The van der Waals surface area contributed by atoms with Crippen molar-refractivity contribution >= 4 is 21.6 Å². The minimum Gasteiger partial charge on any atom is -0.497 e. The lowest BCUT2D eigenvalue weighted by Gasteiger charge is -2.29. The maximum atomic E-state index is 12.9. The second-order valence-corrected chi connectivity index (χ2v) is 8.55. The number of rotatable bonds is 8. The molecule has 0 heterocycles. The molecule has 0 saturated heterocycles. The lowest BCUT2D eigenvalue weighted by molar-refractivity contribution is -0.137. The summed E-state index contributed by atoms with van der Waals surface area (Å²) in [6.45, 7) is 1.15. The van der Waals surface area contributed by atoms with Gasteiger partial charge in [0.25, 0.3) is 0 Å². The molecule has 0 saturated carbocycles. The van der Waals surface area contributed by atoms with E-state index in [2.05, 4.69) is 5.32 Å². The molecular weight excluding hydrogens is 437 g/mol. The van der Waals surface area contributed by atoms with Gasteiger partial charge in [0.05, 0.1) is 31.7 Å². The Morgan fingerprint density at radius 2 is 1.81 bits per heavy atom. The highest BCUT2D eigenvalue weighted by Crippen LogP contribution is 2.35. The van der Waals surface area contributed by atoms with E-state index in [1.807, 2.05) is 0 Å². The third-order valence-electron chi connectivity index (χ3n) is 4.43. The van der Waals surface area contributed by atoms with Crippen molar-refractivity contribution in [2.45, 2.75) is 25.7 Å². The van der Waals surface area contributed by atoms with Crippen LogP contribution in [0.25, 0.3) is 0 Å². The number of nitrogens with zero attached hydrogens (tertiary/aromatic N) is 1. The van der Waals surface area contributed by atoms with E-state index in [4.69, 9.17) is 9.47 Å². The van der Waals surface area contributed by atoms with Crippen LogP contribution in [-0.2, 0) is 27.5 Å². The highest BCUT2D eigenvalue weighted by molar-refractivity contribution is 7.92. The first-order valence-electron chi connectivity index (χ1n) is 9.03. The van der Waals surface area contributed by atoms with E-state index >= 15 is 0 Å².